The number of ether oxygens (including phenoxy) is 1. The van der Waals surface area contributed by atoms with Crippen LogP contribution in [0.25, 0.3) is 0 Å². The van der Waals surface area contributed by atoms with Crippen molar-refractivity contribution in [1.82, 2.24) is 14.9 Å². The molecule has 12 heteroatoms. The number of hydrogen-bond donors (Lipinski definition) is 1. The maximum atomic E-state index is 12.5. The molecule has 1 aromatic heterocycles. The van der Waals surface area contributed by atoms with Gasteiger partial charge >= 0.3 is 11.9 Å². The van der Waals surface area contributed by atoms with E-state index in [-0.39, 0.29) is 22.3 Å². The second-order valence-electron chi connectivity index (χ2n) is 4.23. The Hall–Kier alpha value is -2.50. The second-order valence-corrected chi connectivity index (χ2v) is 5.17. The minimum atomic E-state index is -4.71. The van der Waals surface area contributed by atoms with Crippen LogP contribution in [-0.4, -0.2) is 26.9 Å². The molecule has 8 nitrogen and oxygen atoms in total. The summed E-state index contributed by atoms with van der Waals surface area (Å²) >= 11 is 0.872. The predicted octanol–water partition coefficient (Wildman–Crippen LogP) is 2.22. The number of methoxy groups -OCH3 is 1. The van der Waals surface area contributed by atoms with E-state index < -0.39 is 16.9 Å². The van der Waals surface area contributed by atoms with Gasteiger partial charge in [0.15, 0.2) is 5.75 Å². The van der Waals surface area contributed by atoms with Gasteiger partial charge in [-0.15, -0.1) is 10.2 Å². The number of nitrogens with zero attached hydrogens (tertiary/aromatic N) is 4. The Morgan fingerprint density at radius 3 is 2.65 bits per heavy atom. The molecule has 2 N–H and O–H groups in total. The van der Waals surface area contributed by atoms with E-state index in [0.717, 1.165) is 11.8 Å². The normalized spacial score (nSPS) is 11.5. The molecule has 0 fully saturated rings. The zero-order chi connectivity index (χ0) is 17.2. The van der Waals surface area contributed by atoms with Crippen molar-refractivity contribution in [3.05, 3.63) is 39.7 Å². The first kappa shape index (κ1) is 16.9. The van der Waals surface area contributed by atoms with Crippen LogP contribution in [0.2, 0.25) is 0 Å². The molecule has 0 radical (unpaired) electrons. The molecule has 0 amide bonds. The number of nitrogen functional groups attached to an aromatic ring is 1. The monoisotopic (exact) mass is 349 g/mol. The summed E-state index contributed by atoms with van der Waals surface area (Å²) in [6.07, 6.45) is -4.71. The van der Waals surface area contributed by atoms with Crippen molar-refractivity contribution in [1.29, 1.82) is 0 Å². The molecule has 1 aromatic carbocycles. The van der Waals surface area contributed by atoms with Gasteiger partial charge in [-0.2, -0.15) is 13.2 Å². The molecular formula is C11H10F3N5O3S. The van der Waals surface area contributed by atoms with Crippen LogP contribution in [0, 0.1) is 10.1 Å². The second kappa shape index (κ2) is 6.32. The highest BCUT2D eigenvalue weighted by molar-refractivity contribution is 7.98. The van der Waals surface area contributed by atoms with Gasteiger partial charge in [0.1, 0.15) is 0 Å². The van der Waals surface area contributed by atoms with Crippen molar-refractivity contribution in [3.8, 4) is 5.75 Å². The van der Waals surface area contributed by atoms with Crippen molar-refractivity contribution in [2.45, 2.75) is 17.1 Å². The average Bonchev–Trinajstić information content (AvgIpc) is 2.85. The number of thioether (sulfide) groups is 1. The highest BCUT2D eigenvalue weighted by Gasteiger charge is 2.38. The van der Waals surface area contributed by atoms with Gasteiger partial charge in [-0.05, 0) is 11.6 Å². The number of hydrogen-bond acceptors (Lipinski definition) is 7. The van der Waals surface area contributed by atoms with Crippen LogP contribution in [-0.2, 0) is 11.9 Å². The zero-order valence-electron chi connectivity index (χ0n) is 11.6. The number of halogens is 3. The van der Waals surface area contributed by atoms with Crippen LogP contribution >= 0.6 is 11.8 Å². The van der Waals surface area contributed by atoms with E-state index in [4.69, 9.17) is 10.6 Å². The third-order valence-electron chi connectivity index (χ3n) is 2.73. The van der Waals surface area contributed by atoms with Gasteiger partial charge in [0, 0.05) is 11.8 Å². The van der Waals surface area contributed by atoms with Gasteiger partial charge in [-0.1, -0.05) is 17.8 Å². The molecule has 0 aliphatic heterocycles. The summed E-state index contributed by atoms with van der Waals surface area (Å²) in [7, 11) is 1.30. The fraction of sp³-hybridized carbons (Fsp3) is 0.273. The van der Waals surface area contributed by atoms with E-state index >= 15 is 0 Å². The van der Waals surface area contributed by atoms with E-state index in [1.807, 2.05) is 0 Å². The van der Waals surface area contributed by atoms with E-state index in [1.165, 1.54) is 19.2 Å². The molecule has 1 heterocycles. The highest BCUT2D eigenvalue weighted by Crippen LogP contribution is 2.32. The van der Waals surface area contributed by atoms with Gasteiger partial charge < -0.3 is 10.6 Å². The minimum absolute atomic E-state index is 0.0881. The van der Waals surface area contributed by atoms with Crippen LogP contribution in [0.4, 0.5) is 18.9 Å². The van der Waals surface area contributed by atoms with Gasteiger partial charge in [0.25, 0.3) is 5.82 Å². The quantitative estimate of drug-likeness (QED) is 0.381. The van der Waals surface area contributed by atoms with E-state index in [0.29, 0.717) is 10.2 Å². The lowest BCUT2D eigenvalue weighted by atomic mass is 10.2. The first-order chi connectivity index (χ1) is 10.7. The lowest BCUT2D eigenvalue weighted by Crippen LogP contribution is -2.21. The number of nitrogens with two attached hydrogens (primary N) is 1. The topological polar surface area (TPSA) is 109 Å². The Morgan fingerprint density at radius 1 is 1.43 bits per heavy atom. The van der Waals surface area contributed by atoms with Crippen LogP contribution < -0.4 is 10.6 Å². The summed E-state index contributed by atoms with van der Waals surface area (Å²) in [6, 6.07) is 4.23. The van der Waals surface area contributed by atoms with Crippen LogP contribution in [0.5, 0.6) is 5.75 Å². The number of nitro groups is 1. The maximum Gasteiger partial charge on any atom is 0.453 e. The number of alkyl halides is 3. The molecule has 0 spiro atoms. The Morgan fingerprint density at radius 2 is 2.13 bits per heavy atom. The summed E-state index contributed by atoms with van der Waals surface area (Å²) in [6.45, 7) is 0. The Kier molecular flexibility index (Phi) is 4.63. The highest BCUT2D eigenvalue weighted by atomic mass is 32.2. The van der Waals surface area contributed by atoms with Crippen molar-refractivity contribution in [3.63, 3.8) is 0 Å². The number of benzene rings is 1. The average molecular weight is 349 g/mol. The van der Waals surface area contributed by atoms with Crippen molar-refractivity contribution >= 4 is 17.4 Å². The number of aromatic nitrogens is 3. The van der Waals surface area contributed by atoms with Crippen molar-refractivity contribution in [2.75, 3.05) is 13.0 Å². The summed E-state index contributed by atoms with van der Waals surface area (Å²) in [5, 5.41) is 17.1. The third-order valence-corrected chi connectivity index (χ3v) is 3.74. The molecule has 0 atom stereocenters. The molecular weight excluding hydrogens is 339 g/mol. The summed E-state index contributed by atoms with van der Waals surface area (Å²) in [5.41, 5.74) is 0.259. The van der Waals surface area contributed by atoms with Crippen molar-refractivity contribution < 1.29 is 22.8 Å². The molecule has 124 valence electrons. The standard InChI is InChI=1S/C11H10F3N5O3S/c1-22-8-3-2-6(4-7(8)19(20)21)5-23-10-17-16-9(18(10)15)11(12,13)14/h2-4H,5,15H2,1H3. The SMILES string of the molecule is COc1ccc(CSc2nnc(C(F)(F)F)n2N)cc1[N+](=O)[O-]. The van der Waals surface area contributed by atoms with Gasteiger partial charge in [0.05, 0.1) is 12.0 Å². The molecule has 23 heavy (non-hydrogen) atoms. The smallest absolute Gasteiger partial charge is 0.453 e. The Labute approximate surface area is 131 Å². The summed E-state index contributed by atoms with van der Waals surface area (Å²) in [4.78, 5) is 10.3. The van der Waals surface area contributed by atoms with Gasteiger partial charge in [0.2, 0.25) is 5.16 Å². The molecule has 0 bridgehead atoms. The fourth-order valence-electron chi connectivity index (χ4n) is 1.68. The van der Waals surface area contributed by atoms with Crippen LogP contribution in [0.3, 0.4) is 0 Å². The fourth-order valence-corrected chi connectivity index (χ4v) is 2.48. The lowest BCUT2D eigenvalue weighted by molar-refractivity contribution is -0.385. The van der Waals surface area contributed by atoms with Gasteiger partial charge in [-0.25, -0.2) is 4.68 Å². The maximum absolute atomic E-state index is 12.5. The number of nitro benzene ring substituents is 1. The van der Waals surface area contributed by atoms with Crippen LogP contribution in [0.1, 0.15) is 11.4 Å². The minimum Gasteiger partial charge on any atom is -0.490 e. The van der Waals surface area contributed by atoms with Crippen LogP contribution in [0.15, 0.2) is 23.4 Å². The van der Waals surface area contributed by atoms with E-state index in [1.54, 1.807) is 6.07 Å². The lowest BCUT2D eigenvalue weighted by Gasteiger charge is -2.06. The third kappa shape index (κ3) is 3.64. The summed E-state index contributed by atoms with van der Waals surface area (Å²) in [5.74, 6) is 4.19. The Bertz CT molecular complexity index is 734. The summed E-state index contributed by atoms with van der Waals surface area (Å²) < 4.78 is 42.8. The largest absolute Gasteiger partial charge is 0.490 e. The molecule has 2 rings (SSSR count). The molecule has 0 unspecified atom stereocenters. The Balaban J connectivity index is 2.17. The first-order valence-electron chi connectivity index (χ1n) is 5.96. The van der Waals surface area contributed by atoms with Gasteiger partial charge in [-0.3, -0.25) is 10.1 Å². The molecule has 2 aromatic rings. The molecule has 0 aliphatic carbocycles. The van der Waals surface area contributed by atoms with E-state index in [9.17, 15) is 23.3 Å². The molecule has 0 saturated heterocycles. The van der Waals surface area contributed by atoms with E-state index in [2.05, 4.69) is 10.2 Å². The first-order valence-corrected chi connectivity index (χ1v) is 6.94. The molecule has 0 saturated carbocycles. The van der Waals surface area contributed by atoms with Crippen molar-refractivity contribution in [2.24, 2.45) is 0 Å². The molecule has 0 aliphatic rings. The zero-order valence-corrected chi connectivity index (χ0v) is 12.4. The number of rotatable bonds is 5. The predicted molar refractivity (Wildman–Crippen MR) is 74.4 cm³/mol.